The van der Waals surface area contributed by atoms with E-state index in [2.05, 4.69) is 23.5 Å². The van der Waals surface area contributed by atoms with E-state index in [0.717, 1.165) is 23.4 Å². The maximum Gasteiger partial charge on any atom is 0.269 e. The van der Waals surface area contributed by atoms with Crippen molar-refractivity contribution in [3.05, 3.63) is 75.8 Å². The van der Waals surface area contributed by atoms with Crippen molar-refractivity contribution >= 4 is 22.1 Å². The van der Waals surface area contributed by atoms with Gasteiger partial charge in [0.2, 0.25) is 0 Å². The van der Waals surface area contributed by atoms with Crippen LogP contribution in [-0.2, 0) is 6.42 Å². The van der Waals surface area contributed by atoms with Crippen molar-refractivity contribution in [2.24, 2.45) is 5.92 Å². The Bertz CT molecular complexity index is 1010. The molecule has 3 aromatic rings. The van der Waals surface area contributed by atoms with Crippen molar-refractivity contribution in [3.8, 4) is 5.75 Å². The maximum absolute atomic E-state index is 11.0. The molecule has 124 valence electrons. The minimum atomic E-state index is -0.341. The first-order chi connectivity index (χ1) is 12.2. The summed E-state index contributed by atoms with van der Waals surface area (Å²) in [5.74, 6) is 1.19. The van der Waals surface area contributed by atoms with Crippen molar-refractivity contribution in [2.75, 3.05) is 11.9 Å². The second-order valence-corrected chi connectivity index (χ2v) is 6.69. The fourth-order valence-electron chi connectivity index (χ4n) is 4.07. The molecule has 2 atom stereocenters. The lowest BCUT2D eigenvalue weighted by Crippen LogP contribution is -2.35. The van der Waals surface area contributed by atoms with Crippen LogP contribution < -0.4 is 10.1 Å². The first-order valence-electron chi connectivity index (χ1n) is 8.39. The fourth-order valence-corrected chi connectivity index (χ4v) is 4.07. The van der Waals surface area contributed by atoms with Crippen molar-refractivity contribution in [1.29, 1.82) is 0 Å². The zero-order valence-corrected chi connectivity index (χ0v) is 13.4. The largest absolute Gasteiger partial charge is 0.493 e. The standard InChI is InChI=1S/C20H16N2O3/c23-22(24)15-6-7-17-13(10-15)9-14-11-25-18-8-5-12-3-1-2-4-16(12)19(18)20(14)21-17/h1-8,10,14,20-21H,9,11H2. The SMILES string of the molecule is O=[N+]([O-])c1ccc2c(c1)CC1COc3ccc4ccccc4c3C1N2. The first kappa shape index (κ1) is 14.3. The third-order valence-corrected chi connectivity index (χ3v) is 5.26. The Labute approximate surface area is 144 Å². The van der Waals surface area contributed by atoms with Gasteiger partial charge in [0, 0.05) is 29.3 Å². The number of ether oxygens (including phenoxy) is 1. The van der Waals surface area contributed by atoms with Crippen LogP contribution in [0.25, 0.3) is 10.8 Å². The number of anilines is 1. The molecule has 1 N–H and O–H groups in total. The van der Waals surface area contributed by atoms with Gasteiger partial charge < -0.3 is 10.1 Å². The molecule has 2 heterocycles. The highest BCUT2D eigenvalue weighted by molar-refractivity contribution is 5.89. The van der Waals surface area contributed by atoms with Gasteiger partial charge in [-0.2, -0.15) is 0 Å². The summed E-state index contributed by atoms with van der Waals surface area (Å²) in [6, 6.07) is 17.7. The second-order valence-electron chi connectivity index (χ2n) is 6.69. The van der Waals surface area contributed by atoms with Crippen LogP contribution in [0.2, 0.25) is 0 Å². The van der Waals surface area contributed by atoms with Gasteiger partial charge >= 0.3 is 0 Å². The molecular weight excluding hydrogens is 316 g/mol. The van der Waals surface area contributed by atoms with Crippen molar-refractivity contribution in [1.82, 2.24) is 0 Å². The van der Waals surface area contributed by atoms with Crippen LogP contribution in [0.3, 0.4) is 0 Å². The van der Waals surface area contributed by atoms with Crippen LogP contribution in [0.4, 0.5) is 11.4 Å². The fraction of sp³-hybridized carbons (Fsp3) is 0.200. The average molecular weight is 332 g/mol. The van der Waals surface area contributed by atoms with E-state index in [0.29, 0.717) is 6.61 Å². The highest BCUT2D eigenvalue weighted by atomic mass is 16.6. The van der Waals surface area contributed by atoms with Gasteiger partial charge in [-0.1, -0.05) is 30.3 Å². The van der Waals surface area contributed by atoms with Gasteiger partial charge in [-0.25, -0.2) is 0 Å². The molecule has 0 bridgehead atoms. The highest BCUT2D eigenvalue weighted by Gasteiger charge is 2.36. The summed E-state index contributed by atoms with van der Waals surface area (Å²) in [5, 5.41) is 17.0. The summed E-state index contributed by atoms with van der Waals surface area (Å²) in [5.41, 5.74) is 3.30. The van der Waals surface area contributed by atoms with Crippen molar-refractivity contribution in [2.45, 2.75) is 12.5 Å². The molecule has 0 aromatic heterocycles. The second kappa shape index (κ2) is 5.21. The molecule has 0 saturated heterocycles. The third-order valence-electron chi connectivity index (χ3n) is 5.26. The Kier molecular flexibility index (Phi) is 2.98. The Balaban J connectivity index is 1.63. The topological polar surface area (TPSA) is 64.4 Å². The van der Waals surface area contributed by atoms with Crippen LogP contribution in [0.5, 0.6) is 5.75 Å². The molecule has 3 aromatic carbocycles. The molecule has 0 radical (unpaired) electrons. The summed E-state index contributed by atoms with van der Waals surface area (Å²) >= 11 is 0. The molecule has 0 amide bonds. The quantitative estimate of drug-likeness (QED) is 0.527. The Morgan fingerprint density at radius 2 is 2.00 bits per heavy atom. The molecule has 2 aliphatic heterocycles. The van der Waals surface area contributed by atoms with Crippen LogP contribution in [0, 0.1) is 16.0 Å². The summed E-state index contributed by atoms with van der Waals surface area (Å²) < 4.78 is 6.02. The van der Waals surface area contributed by atoms with E-state index in [1.807, 2.05) is 24.3 Å². The van der Waals surface area contributed by atoms with E-state index in [1.165, 1.54) is 16.3 Å². The van der Waals surface area contributed by atoms with E-state index < -0.39 is 0 Å². The number of nitro groups is 1. The van der Waals surface area contributed by atoms with Crippen LogP contribution in [0.1, 0.15) is 17.2 Å². The average Bonchev–Trinajstić information content (AvgIpc) is 2.65. The zero-order chi connectivity index (χ0) is 17.0. The minimum Gasteiger partial charge on any atom is -0.493 e. The Hall–Kier alpha value is -3.08. The van der Waals surface area contributed by atoms with Gasteiger partial charge in [0.05, 0.1) is 17.6 Å². The normalized spacial score (nSPS) is 20.6. The Morgan fingerprint density at radius 1 is 1.12 bits per heavy atom. The van der Waals surface area contributed by atoms with Crippen molar-refractivity contribution in [3.63, 3.8) is 0 Å². The summed E-state index contributed by atoms with van der Waals surface area (Å²) in [7, 11) is 0. The number of nitrogens with zero attached hydrogens (tertiary/aromatic N) is 1. The summed E-state index contributed by atoms with van der Waals surface area (Å²) in [6.45, 7) is 0.616. The van der Waals surface area contributed by atoms with E-state index >= 15 is 0 Å². The predicted octanol–water partition coefficient (Wildman–Crippen LogP) is 4.47. The monoisotopic (exact) mass is 332 g/mol. The molecule has 2 unspecified atom stereocenters. The lowest BCUT2D eigenvalue weighted by atomic mass is 9.80. The number of rotatable bonds is 1. The number of nitrogens with one attached hydrogen (secondary N) is 1. The van der Waals surface area contributed by atoms with Gasteiger partial charge in [-0.05, 0) is 34.9 Å². The number of benzene rings is 3. The van der Waals surface area contributed by atoms with Crippen molar-refractivity contribution < 1.29 is 9.66 Å². The smallest absolute Gasteiger partial charge is 0.269 e. The molecule has 0 spiro atoms. The van der Waals surface area contributed by atoms with Crippen LogP contribution >= 0.6 is 0 Å². The molecule has 5 rings (SSSR count). The first-order valence-corrected chi connectivity index (χ1v) is 8.39. The Morgan fingerprint density at radius 3 is 2.88 bits per heavy atom. The summed E-state index contributed by atoms with van der Waals surface area (Å²) in [6.07, 6.45) is 0.775. The number of non-ortho nitro benzene ring substituents is 1. The summed E-state index contributed by atoms with van der Waals surface area (Å²) in [4.78, 5) is 10.7. The molecule has 5 nitrogen and oxygen atoms in total. The highest BCUT2D eigenvalue weighted by Crippen LogP contribution is 2.46. The van der Waals surface area contributed by atoms with Gasteiger partial charge in [0.1, 0.15) is 5.75 Å². The van der Waals surface area contributed by atoms with E-state index in [-0.39, 0.29) is 22.6 Å². The molecule has 25 heavy (non-hydrogen) atoms. The van der Waals surface area contributed by atoms with E-state index in [1.54, 1.807) is 12.1 Å². The number of nitro benzene ring substituents is 1. The number of hydrogen-bond acceptors (Lipinski definition) is 4. The van der Waals surface area contributed by atoms with Gasteiger partial charge in [0.25, 0.3) is 5.69 Å². The third kappa shape index (κ3) is 2.16. The maximum atomic E-state index is 11.0. The minimum absolute atomic E-state index is 0.140. The van der Waals surface area contributed by atoms with E-state index in [9.17, 15) is 10.1 Å². The number of fused-ring (bicyclic) bond motifs is 6. The van der Waals surface area contributed by atoms with Gasteiger partial charge in [-0.15, -0.1) is 0 Å². The molecule has 2 aliphatic rings. The molecule has 0 saturated carbocycles. The van der Waals surface area contributed by atoms with Gasteiger partial charge in [-0.3, -0.25) is 10.1 Å². The van der Waals surface area contributed by atoms with Crippen LogP contribution in [0.15, 0.2) is 54.6 Å². The molecule has 0 aliphatic carbocycles. The predicted molar refractivity (Wildman–Crippen MR) is 96.1 cm³/mol. The lowest BCUT2D eigenvalue weighted by Gasteiger charge is -2.39. The molecule has 5 heteroatoms. The lowest BCUT2D eigenvalue weighted by molar-refractivity contribution is -0.384. The van der Waals surface area contributed by atoms with Crippen LogP contribution in [-0.4, -0.2) is 11.5 Å². The zero-order valence-electron chi connectivity index (χ0n) is 13.4. The van der Waals surface area contributed by atoms with Gasteiger partial charge in [0.15, 0.2) is 0 Å². The molecular formula is C20H16N2O3. The number of hydrogen-bond donors (Lipinski definition) is 1. The molecule has 0 fully saturated rings. The van der Waals surface area contributed by atoms with E-state index in [4.69, 9.17) is 4.74 Å².